The molecule has 5 rings (SSSR count). The smallest absolute Gasteiger partial charge is 0.272 e. The van der Waals surface area contributed by atoms with Crippen LogP contribution in [0.5, 0.6) is 5.75 Å². The maximum absolute atomic E-state index is 12.5. The van der Waals surface area contributed by atoms with E-state index in [1.807, 2.05) is 0 Å². The van der Waals surface area contributed by atoms with E-state index in [4.69, 9.17) is 0 Å². The minimum absolute atomic E-state index is 0. The molecular formula is C15H19BrN4O2. The highest BCUT2D eigenvalue weighted by atomic mass is 79.9. The topological polar surface area (TPSA) is 81.2 Å². The van der Waals surface area contributed by atoms with Crippen molar-refractivity contribution in [1.29, 1.82) is 0 Å². The number of halogens is 1. The van der Waals surface area contributed by atoms with Gasteiger partial charge in [0.2, 0.25) is 0 Å². The van der Waals surface area contributed by atoms with E-state index in [1.165, 1.54) is 12.8 Å². The van der Waals surface area contributed by atoms with Crippen LogP contribution in [0.25, 0.3) is 10.9 Å². The molecule has 0 radical (unpaired) electrons. The molecule has 3 saturated heterocycles. The Balaban J connectivity index is 0.00000144. The molecule has 0 spiro atoms. The molecule has 0 unspecified atom stereocenters. The normalized spacial score (nSPS) is 26.6. The summed E-state index contributed by atoms with van der Waals surface area (Å²) >= 11 is 0. The number of hydrogen-bond acceptors (Lipinski definition) is 4. The average Bonchev–Trinajstić information content (AvgIpc) is 2.91. The molecule has 3 fully saturated rings. The number of aromatic nitrogens is 2. The van der Waals surface area contributed by atoms with Crippen LogP contribution in [0.4, 0.5) is 0 Å². The van der Waals surface area contributed by atoms with Crippen molar-refractivity contribution in [1.82, 2.24) is 20.4 Å². The summed E-state index contributed by atoms with van der Waals surface area (Å²) in [4.78, 5) is 14.9. The predicted molar refractivity (Wildman–Crippen MR) is 88.5 cm³/mol. The van der Waals surface area contributed by atoms with E-state index in [2.05, 4.69) is 20.4 Å². The largest absolute Gasteiger partial charge is 0.508 e. The second-order valence-corrected chi connectivity index (χ2v) is 6.02. The van der Waals surface area contributed by atoms with E-state index in [0.717, 1.165) is 25.0 Å². The van der Waals surface area contributed by atoms with Crippen molar-refractivity contribution >= 4 is 33.8 Å². The van der Waals surface area contributed by atoms with Crippen molar-refractivity contribution in [2.45, 2.75) is 18.9 Å². The number of H-pyrrole nitrogens is 1. The third-order valence-corrected chi connectivity index (χ3v) is 4.73. The van der Waals surface area contributed by atoms with Gasteiger partial charge < -0.3 is 15.3 Å². The van der Waals surface area contributed by atoms with E-state index in [9.17, 15) is 9.90 Å². The van der Waals surface area contributed by atoms with Crippen LogP contribution in [0, 0.1) is 5.92 Å². The molecule has 3 N–H and O–H groups in total. The molecule has 0 saturated carbocycles. The van der Waals surface area contributed by atoms with Crippen LogP contribution in [0.2, 0.25) is 0 Å². The molecule has 0 aliphatic carbocycles. The van der Waals surface area contributed by atoms with Crippen molar-refractivity contribution in [2.24, 2.45) is 5.92 Å². The summed E-state index contributed by atoms with van der Waals surface area (Å²) in [6.07, 6.45) is 2.33. The number of benzene rings is 1. The molecule has 118 valence electrons. The number of phenolic OH excluding ortho intramolecular Hbond substituents is 1. The standard InChI is InChI=1S/C15H18N4O2.BrH/c20-10-1-2-11-12(7-10)17-18-14(11)15(21)16-13-8-19-5-3-9(13)4-6-19;/h1-2,7,9,13,20H,3-6,8H2,(H,16,21)(H,17,18);1H/t13-;/m1./s1. The third kappa shape index (κ3) is 2.59. The monoisotopic (exact) mass is 366 g/mol. The number of piperidine rings is 3. The Labute approximate surface area is 138 Å². The lowest BCUT2D eigenvalue weighted by molar-refractivity contribution is 0.0618. The van der Waals surface area contributed by atoms with Crippen molar-refractivity contribution in [2.75, 3.05) is 19.6 Å². The third-order valence-electron chi connectivity index (χ3n) is 4.73. The molecule has 7 heteroatoms. The van der Waals surface area contributed by atoms with Crippen molar-refractivity contribution in [3.05, 3.63) is 23.9 Å². The molecule has 1 aromatic heterocycles. The van der Waals surface area contributed by atoms with Crippen LogP contribution in [0.15, 0.2) is 18.2 Å². The lowest BCUT2D eigenvalue weighted by atomic mass is 9.84. The highest BCUT2D eigenvalue weighted by Crippen LogP contribution is 2.28. The number of amides is 1. The van der Waals surface area contributed by atoms with Crippen LogP contribution >= 0.6 is 17.0 Å². The maximum atomic E-state index is 12.5. The minimum Gasteiger partial charge on any atom is -0.508 e. The van der Waals surface area contributed by atoms with Gasteiger partial charge in [-0.25, -0.2) is 0 Å². The molecule has 3 aliphatic heterocycles. The zero-order chi connectivity index (χ0) is 14.4. The highest BCUT2D eigenvalue weighted by Gasteiger charge is 2.35. The summed E-state index contributed by atoms with van der Waals surface area (Å²) in [5.41, 5.74) is 1.08. The Hall–Kier alpha value is -1.60. The van der Waals surface area contributed by atoms with Gasteiger partial charge >= 0.3 is 0 Å². The Morgan fingerprint density at radius 2 is 2.14 bits per heavy atom. The number of phenols is 1. The van der Waals surface area contributed by atoms with Gasteiger partial charge in [-0.1, -0.05) is 0 Å². The number of hydrogen-bond donors (Lipinski definition) is 3. The van der Waals surface area contributed by atoms with Crippen LogP contribution < -0.4 is 5.32 Å². The molecule has 22 heavy (non-hydrogen) atoms. The molecule has 2 bridgehead atoms. The van der Waals surface area contributed by atoms with Crippen LogP contribution in [-0.4, -0.2) is 51.8 Å². The summed E-state index contributed by atoms with van der Waals surface area (Å²) in [6.45, 7) is 3.25. The van der Waals surface area contributed by atoms with Crippen LogP contribution in [0.3, 0.4) is 0 Å². The van der Waals surface area contributed by atoms with Crippen molar-refractivity contribution < 1.29 is 9.90 Å². The van der Waals surface area contributed by atoms with Gasteiger partial charge in [-0.2, -0.15) is 5.10 Å². The Kier molecular flexibility index (Phi) is 4.10. The van der Waals surface area contributed by atoms with E-state index in [1.54, 1.807) is 18.2 Å². The first-order valence-electron chi connectivity index (χ1n) is 7.41. The molecule has 2 aromatic rings. The number of nitrogens with zero attached hydrogens (tertiary/aromatic N) is 2. The van der Waals surface area contributed by atoms with Gasteiger partial charge in [0, 0.05) is 24.0 Å². The fourth-order valence-corrected chi connectivity index (χ4v) is 3.55. The Morgan fingerprint density at radius 3 is 2.82 bits per heavy atom. The quantitative estimate of drug-likeness (QED) is 0.754. The van der Waals surface area contributed by atoms with Gasteiger partial charge in [-0.3, -0.25) is 9.89 Å². The fourth-order valence-electron chi connectivity index (χ4n) is 3.55. The van der Waals surface area contributed by atoms with Gasteiger partial charge in [0.1, 0.15) is 5.75 Å². The molecule has 6 nitrogen and oxygen atoms in total. The second kappa shape index (κ2) is 5.89. The van der Waals surface area contributed by atoms with Crippen molar-refractivity contribution in [3.63, 3.8) is 0 Å². The first-order chi connectivity index (χ1) is 10.2. The second-order valence-electron chi connectivity index (χ2n) is 6.02. The number of rotatable bonds is 2. The Bertz CT molecular complexity index is 694. The zero-order valence-electron chi connectivity index (χ0n) is 12.1. The number of nitrogens with one attached hydrogen (secondary N) is 2. The first-order valence-corrected chi connectivity index (χ1v) is 7.41. The lowest BCUT2D eigenvalue weighted by Crippen LogP contribution is -2.57. The Morgan fingerprint density at radius 1 is 1.36 bits per heavy atom. The summed E-state index contributed by atoms with van der Waals surface area (Å²) in [6, 6.07) is 5.10. The first kappa shape index (κ1) is 15.3. The molecule has 3 aliphatic rings. The average molecular weight is 367 g/mol. The van der Waals surface area contributed by atoms with E-state index < -0.39 is 0 Å². The van der Waals surface area contributed by atoms with Crippen LogP contribution in [0.1, 0.15) is 23.3 Å². The van der Waals surface area contributed by atoms with E-state index in [-0.39, 0.29) is 34.7 Å². The van der Waals surface area contributed by atoms with Crippen LogP contribution in [-0.2, 0) is 0 Å². The number of fused-ring (bicyclic) bond motifs is 4. The van der Waals surface area contributed by atoms with Crippen molar-refractivity contribution in [3.8, 4) is 5.75 Å². The molecule has 1 aromatic carbocycles. The zero-order valence-corrected chi connectivity index (χ0v) is 13.8. The van der Waals surface area contributed by atoms with Gasteiger partial charge in [-0.05, 0) is 44.0 Å². The molecule has 4 heterocycles. The molecular weight excluding hydrogens is 348 g/mol. The van der Waals surface area contributed by atoms with Gasteiger partial charge in [0.05, 0.1) is 5.52 Å². The van der Waals surface area contributed by atoms with Gasteiger partial charge in [-0.15, -0.1) is 17.0 Å². The SMILES string of the molecule is Br.O=C(N[C@@H]1CN2CCC1CC2)c1n[nH]c2cc(O)ccc12. The highest BCUT2D eigenvalue weighted by molar-refractivity contribution is 8.93. The van der Waals surface area contributed by atoms with Gasteiger partial charge in [0.25, 0.3) is 5.91 Å². The maximum Gasteiger partial charge on any atom is 0.272 e. The number of carbonyl (C=O) groups is 1. The lowest BCUT2D eigenvalue weighted by Gasteiger charge is -2.44. The summed E-state index contributed by atoms with van der Waals surface area (Å²) < 4.78 is 0. The molecule has 1 atom stereocenters. The number of carbonyl (C=O) groups excluding carboxylic acids is 1. The molecule has 1 amide bonds. The van der Waals surface area contributed by atoms with E-state index in [0.29, 0.717) is 17.1 Å². The van der Waals surface area contributed by atoms with Gasteiger partial charge in [0.15, 0.2) is 5.69 Å². The number of aromatic hydroxyl groups is 1. The minimum atomic E-state index is -0.134. The fraction of sp³-hybridized carbons (Fsp3) is 0.467. The summed E-state index contributed by atoms with van der Waals surface area (Å²) in [5, 5.41) is 20.2. The predicted octanol–water partition coefficient (Wildman–Crippen LogP) is 1.67. The summed E-state index contributed by atoms with van der Waals surface area (Å²) in [7, 11) is 0. The number of aromatic amines is 1. The summed E-state index contributed by atoms with van der Waals surface area (Å²) in [5.74, 6) is 0.620. The van der Waals surface area contributed by atoms with E-state index >= 15 is 0 Å².